The molecule has 1 amide bonds. The lowest BCUT2D eigenvalue weighted by Crippen LogP contribution is -2.40. The number of halogens is 3. The van der Waals surface area contributed by atoms with Crippen molar-refractivity contribution in [2.75, 3.05) is 31.6 Å². The number of alkyl halides is 3. The maximum absolute atomic E-state index is 12.4. The summed E-state index contributed by atoms with van der Waals surface area (Å²) in [7, 11) is 0. The molecule has 1 aromatic rings. The molecular weight excluding hydrogens is 277 g/mol. The molecule has 1 aliphatic rings. The zero-order valence-electron chi connectivity index (χ0n) is 10.7. The normalized spacial score (nSPS) is 14.6. The molecule has 1 aliphatic heterocycles. The molecule has 0 aliphatic carbocycles. The summed E-state index contributed by atoms with van der Waals surface area (Å²) in [5.41, 5.74) is -0.0490. The molecule has 112 valence electrons. The summed E-state index contributed by atoms with van der Waals surface area (Å²) in [6, 6.07) is 0. The van der Waals surface area contributed by atoms with Crippen molar-refractivity contribution in [1.82, 2.24) is 14.5 Å². The number of carbonyl (C=O) groups excluding carboxylic acids is 1. The highest BCUT2D eigenvalue weighted by Gasteiger charge is 2.34. The van der Waals surface area contributed by atoms with Crippen LogP contribution in [0.3, 0.4) is 0 Å². The smallest absolute Gasteiger partial charge is 0.395 e. The van der Waals surface area contributed by atoms with E-state index < -0.39 is 25.2 Å². The number of hydrogen-bond acceptors (Lipinski definition) is 4. The van der Waals surface area contributed by atoms with Gasteiger partial charge in [-0.2, -0.15) is 13.2 Å². The van der Waals surface area contributed by atoms with Crippen molar-refractivity contribution in [1.29, 1.82) is 0 Å². The first-order valence-corrected chi connectivity index (χ1v) is 6.18. The maximum Gasteiger partial charge on any atom is 0.406 e. The van der Waals surface area contributed by atoms with Crippen LogP contribution < -0.4 is 5.32 Å². The molecular formula is C11H15F3N4O2. The highest BCUT2D eigenvalue weighted by molar-refractivity contribution is 5.92. The second-order valence-corrected chi connectivity index (χ2v) is 4.49. The van der Waals surface area contributed by atoms with E-state index >= 15 is 0 Å². The summed E-state index contributed by atoms with van der Waals surface area (Å²) in [6.45, 7) is -0.931. The number of nitrogens with zero attached hydrogens (tertiary/aromatic N) is 3. The predicted octanol–water partition coefficient (Wildman–Crippen LogP) is 0.696. The molecule has 6 nitrogen and oxygen atoms in total. The number of nitrogens with one attached hydrogen (secondary N) is 1. The molecule has 0 atom stereocenters. The van der Waals surface area contributed by atoms with Gasteiger partial charge >= 0.3 is 6.18 Å². The van der Waals surface area contributed by atoms with Crippen molar-refractivity contribution in [3.63, 3.8) is 0 Å². The first kappa shape index (κ1) is 14.6. The van der Waals surface area contributed by atoms with Gasteiger partial charge < -0.3 is 19.9 Å². The lowest BCUT2D eigenvalue weighted by molar-refractivity contribution is -0.141. The Labute approximate surface area is 113 Å². The summed E-state index contributed by atoms with van der Waals surface area (Å²) < 4.78 is 39.0. The predicted molar refractivity (Wildman–Crippen MR) is 64.4 cm³/mol. The Kier molecular flexibility index (Phi) is 4.17. The highest BCUT2D eigenvalue weighted by atomic mass is 19.4. The van der Waals surface area contributed by atoms with Gasteiger partial charge in [0.05, 0.1) is 6.61 Å². The van der Waals surface area contributed by atoms with E-state index in [9.17, 15) is 18.0 Å². The number of imidazole rings is 1. The van der Waals surface area contributed by atoms with E-state index in [0.29, 0.717) is 23.9 Å². The van der Waals surface area contributed by atoms with E-state index in [1.54, 1.807) is 4.57 Å². The van der Waals surface area contributed by atoms with Crippen molar-refractivity contribution in [3.05, 3.63) is 11.9 Å². The van der Waals surface area contributed by atoms with Crippen LogP contribution in [0.5, 0.6) is 0 Å². The molecule has 0 spiro atoms. The standard InChI is InChI=1S/C11H15F3N4O2/c12-11(13,14)7-18(4-5-19)9(20)8-6-17-3-1-2-15-10(17)16-8/h6,19H,1-5,7H2,(H,15,16). The Bertz CT molecular complexity index is 463. The minimum Gasteiger partial charge on any atom is -0.395 e. The molecule has 2 rings (SSSR count). The van der Waals surface area contributed by atoms with Gasteiger partial charge in [-0.05, 0) is 6.42 Å². The van der Waals surface area contributed by atoms with Crippen molar-refractivity contribution in [2.45, 2.75) is 19.1 Å². The summed E-state index contributed by atoms with van der Waals surface area (Å²) >= 11 is 0. The third-order valence-electron chi connectivity index (χ3n) is 2.88. The zero-order chi connectivity index (χ0) is 14.8. The lowest BCUT2D eigenvalue weighted by Gasteiger charge is -2.22. The third kappa shape index (κ3) is 3.41. The van der Waals surface area contributed by atoms with E-state index in [1.165, 1.54) is 6.20 Å². The Hall–Kier alpha value is -1.77. The topological polar surface area (TPSA) is 70.4 Å². The highest BCUT2D eigenvalue weighted by Crippen LogP contribution is 2.19. The molecule has 1 aromatic heterocycles. The average Bonchev–Trinajstić information content (AvgIpc) is 2.79. The first-order valence-electron chi connectivity index (χ1n) is 6.18. The molecule has 0 saturated carbocycles. The largest absolute Gasteiger partial charge is 0.406 e. The van der Waals surface area contributed by atoms with Crippen molar-refractivity contribution >= 4 is 11.9 Å². The quantitative estimate of drug-likeness (QED) is 0.857. The van der Waals surface area contributed by atoms with Gasteiger partial charge in [-0.1, -0.05) is 0 Å². The number of aryl methyl sites for hydroxylation is 1. The first-order chi connectivity index (χ1) is 9.40. The minimum absolute atomic E-state index is 0.0490. The number of hydrogen-bond donors (Lipinski definition) is 2. The van der Waals surface area contributed by atoms with Crippen LogP contribution in [0.1, 0.15) is 16.9 Å². The van der Waals surface area contributed by atoms with Crippen LogP contribution in [0, 0.1) is 0 Å². The van der Waals surface area contributed by atoms with Crippen molar-refractivity contribution in [3.8, 4) is 0 Å². The van der Waals surface area contributed by atoms with Crippen LogP contribution in [0.25, 0.3) is 0 Å². The van der Waals surface area contributed by atoms with Gasteiger partial charge in [0.1, 0.15) is 12.2 Å². The monoisotopic (exact) mass is 292 g/mol. The van der Waals surface area contributed by atoms with Gasteiger partial charge in [0.25, 0.3) is 5.91 Å². The Morgan fingerprint density at radius 2 is 2.30 bits per heavy atom. The number of amides is 1. The molecule has 2 N–H and O–H groups in total. The summed E-state index contributed by atoms with van der Waals surface area (Å²) in [5.74, 6) is -0.351. The fraction of sp³-hybridized carbons (Fsp3) is 0.636. The number of aliphatic hydroxyl groups excluding tert-OH is 1. The number of fused-ring (bicyclic) bond motifs is 1. The molecule has 2 heterocycles. The van der Waals surface area contributed by atoms with Gasteiger partial charge in [-0.15, -0.1) is 0 Å². The van der Waals surface area contributed by atoms with E-state index in [-0.39, 0.29) is 12.2 Å². The van der Waals surface area contributed by atoms with Gasteiger partial charge in [0.15, 0.2) is 0 Å². The van der Waals surface area contributed by atoms with Gasteiger partial charge in [0, 0.05) is 25.8 Å². The van der Waals surface area contributed by atoms with Crippen molar-refractivity contribution in [2.24, 2.45) is 0 Å². The minimum atomic E-state index is -4.51. The van der Waals surface area contributed by atoms with E-state index in [0.717, 1.165) is 6.42 Å². The van der Waals surface area contributed by atoms with Crippen molar-refractivity contribution < 1.29 is 23.1 Å². The Balaban J connectivity index is 2.16. The number of aromatic nitrogens is 2. The second-order valence-electron chi connectivity index (χ2n) is 4.49. The molecule has 0 fully saturated rings. The molecule has 9 heteroatoms. The van der Waals surface area contributed by atoms with E-state index in [4.69, 9.17) is 5.11 Å². The molecule has 20 heavy (non-hydrogen) atoms. The van der Waals surface area contributed by atoms with Gasteiger partial charge in [-0.25, -0.2) is 4.98 Å². The summed E-state index contributed by atoms with van der Waals surface area (Å²) in [5, 5.41) is 11.8. The molecule has 0 bridgehead atoms. The second kappa shape index (κ2) is 5.70. The maximum atomic E-state index is 12.4. The molecule has 0 radical (unpaired) electrons. The fourth-order valence-corrected chi connectivity index (χ4v) is 2.03. The van der Waals surface area contributed by atoms with Crippen LogP contribution in [-0.4, -0.2) is 57.9 Å². The van der Waals surface area contributed by atoms with Crippen LogP contribution in [-0.2, 0) is 6.54 Å². The molecule has 0 saturated heterocycles. The molecule has 0 aromatic carbocycles. The third-order valence-corrected chi connectivity index (χ3v) is 2.88. The average molecular weight is 292 g/mol. The Morgan fingerprint density at radius 1 is 1.55 bits per heavy atom. The molecule has 0 unspecified atom stereocenters. The van der Waals surface area contributed by atoms with E-state index in [1.807, 2.05) is 0 Å². The number of rotatable bonds is 4. The fourth-order valence-electron chi connectivity index (χ4n) is 2.03. The zero-order valence-corrected chi connectivity index (χ0v) is 10.7. The van der Waals surface area contributed by atoms with Gasteiger partial charge in [-0.3, -0.25) is 4.79 Å². The summed E-state index contributed by atoms with van der Waals surface area (Å²) in [4.78, 5) is 16.6. The van der Waals surface area contributed by atoms with E-state index in [2.05, 4.69) is 10.3 Å². The van der Waals surface area contributed by atoms with Crippen LogP contribution in [0.2, 0.25) is 0 Å². The van der Waals surface area contributed by atoms with Crippen LogP contribution in [0.4, 0.5) is 19.1 Å². The van der Waals surface area contributed by atoms with Crippen LogP contribution in [0.15, 0.2) is 6.20 Å². The number of carbonyl (C=O) groups is 1. The SMILES string of the molecule is O=C(c1cn2c(n1)NCCC2)N(CCO)CC(F)(F)F. The van der Waals surface area contributed by atoms with Crippen LogP contribution >= 0.6 is 0 Å². The number of anilines is 1. The van der Waals surface area contributed by atoms with Gasteiger partial charge in [0.2, 0.25) is 5.95 Å². The summed E-state index contributed by atoms with van der Waals surface area (Å²) in [6.07, 6.45) is -2.22. The number of aliphatic hydroxyl groups is 1. The lowest BCUT2D eigenvalue weighted by atomic mass is 10.3. The Morgan fingerprint density at radius 3 is 2.90 bits per heavy atom.